The lowest BCUT2D eigenvalue weighted by molar-refractivity contribution is 0.167. The molecule has 4 nitrogen and oxygen atoms in total. The van der Waals surface area contributed by atoms with Gasteiger partial charge in [0.1, 0.15) is 5.82 Å². The topological polar surface area (TPSA) is 55.3 Å². The Bertz CT molecular complexity index is 573. The van der Waals surface area contributed by atoms with E-state index in [-0.39, 0.29) is 5.82 Å². The first-order valence-electron chi connectivity index (χ1n) is 7.37. The van der Waals surface area contributed by atoms with Gasteiger partial charge in [0.05, 0.1) is 12.7 Å². The van der Waals surface area contributed by atoms with Crippen LogP contribution in [0.4, 0.5) is 4.39 Å². The summed E-state index contributed by atoms with van der Waals surface area (Å²) in [5, 5.41) is 0. The second-order valence-electron chi connectivity index (χ2n) is 5.58. The van der Waals surface area contributed by atoms with Crippen molar-refractivity contribution in [3.63, 3.8) is 0 Å². The number of halogens is 1. The summed E-state index contributed by atoms with van der Waals surface area (Å²) in [5.74, 6) is 1.80. The molecule has 1 aromatic heterocycles. The summed E-state index contributed by atoms with van der Waals surface area (Å²) in [7, 11) is 0. The molecule has 1 aliphatic rings. The second kappa shape index (κ2) is 6.37. The number of nitrogens with zero attached hydrogens (tertiary/aromatic N) is 2. The maximum absolute atomic E-state index is 12.9. The Morgan fingerprint density at radius 3 is 2.62 bits per heavy atom. The Morgan fingerprint density at radius 1 is 1.24 bits per heavy atom. The highest BCUT2D eigenvalue weighted by Crippen LogP contribution is 2.22. The molecule has 0 radical (unpaired) electrons. The molecule has 21 heavy (non-hydrogen) atoms. The van der Waals surface area contributed by atoms with Crippen LogP contribution in [0.25, 0.3) is 11.3 Å². The van der Waals surface area contributed by atoms with Crippen molar-refractivity contribution >= 4 is 0 Å². The van der Waals surface area contributed by atoms with E-state index < -0.39 is 0 Å². The van der Waals surface area contributed by atoms with Crippen molar-refractivity contribution in [1.29, 1.82) is 0 Å². The van der Waals surface area contributed by atoms with Gasteiger partial charge in [-0.25, -0.2) is 9.37 Å². The predicted octanol–water partition coefficient (Wildman–Crippen LogP) is 2.65. The highest BCUT2D eigenvalue weighted by Gasteiger charge is 2.19. The molecule has 1 aliphatic heterocycles. The molecule has 0 spiro atoms. The maximum Gasteiger partial charge on any atom is 0.209 e. The SMILES string of the molecule is NCC1CCN(Cc2ncc(-c3ccc(F)cc3)o2)CC1. The lowest BCUT2D eigenvalue weighted by atomic mass is 9.97. The molecule has 1 saturated heterocycles. The molecule has 2 N–H and O–H groups in total. The van der Waals surface area contributed by atoms with Crippen molar-refractivity contribution in [2.24, 2.45) is 11.7 Å². The fourth-order valence-electron chi connectivity index (χ4n) is 2.70. The first kappa shape index (κ1) is 14.2. The smallest absolute Gasteiger partial charge is 0.209 e. The maximum atomic E-state index is 12.9. The molecule has 112 valence electrons. The average molecular weight is 289 g/mol. The number of aromatic nitrogens is 1. The molecular formula is C16H20FN3O. The molecular weight excluding hydrogens is 269 g/mol. The van der Waals surface area contributed by atoms with Gasteiger partial charge in [0.2, 0.25) is 5.89 Å². The van der Waals surface area contributed by atoms with Gasteiger partial charge in [-0.1, -0.05) is 0 Å². The number of hydrogen-bond acceptors (Lipinski definition) is 4. The lowest BCUT2D eigenvalue weighted by Crippen LogP contribution is -2.35. The van der Waals surface area contributed by atoms with Crippen LogP contribution in [-0.2, 0) is 6.54 Å². The molecule has 0 unspecified atom stereocenters. The van der Waals surface area contributed by atoms with Crippen molar-refractivity contribution in [3.8, 4) is 11.3 Å². The monoisotopic (exact) mass is 289 g/mol. The van der Waals surface area contributed by atoms with Gasteiger partial charge < -0.3 is 10.2 Å². The minimum absolute atomic E-state index is 0.249. The first-order valence-corrected chi connectivity index (χ1v) is 7.37. The molecule has 5 heteroatoms. The zero-order valence-corrected chi connectivity index (χ0v) is 12.0. The van der Waals surface area contributed by atoms with Crippen LogP contribution >= 0.6 is 0 Å². The molecule has 2 aromatic rings. The van der Waals surface area contributed by atoms with Crippen LogP contribution in [0.1, 0.15) is 18.7 Å². The Balaban J connectivity index is 1.62. The zero-order valence-electron chi connectivity index (χ0n) is 12.0. The number of nitrogens with two attached hydrogens (primary N) is 1. The summed E-state index contributed by atoms with van der Waals surface area (Å²) in [5.41, 5.74) is 6.55. The van der Waals surface area contributed by atoms with Gasteiger partial charge in [0, 0.05) is 5.56 Å². The van der Waals surface area contributed by atoms with Crippen molar-refractivity contribution < 1.29 is 8.81 Å². The quantitative estimate of drug-likeness (QED) is 0.940. The largest absolute Gasteiger partial charge is 0.439 e. The molecule has 0 saturated carbocycles. The molecule has 0 aliphatic carbocycles. The third-order valence-electron chi connectivity index (χ3n) is 4.08. The average Bonchev–Trinajstić information content (AvgIpc) is 2.97. The molecule has 2 heterocycles. The minimum atomic E-state index is -0.249. The second-order valence-corrected chi connectivity index (χ2v) is 5.58. The molecule has 1 fully saturated rings. The summed E-state index contributed by atoms with van der Waals surface area (Å²) in [6.07, 6.45) is 3.99. The number of likely N-dealkylation sites (tertiary alicyclic amines) is 1. The Labute approximate surface area is 123 Å². The third kappa shape index (κ3) is 3.49. The molecule has 0 atom stereocenters. The van der Waals surface area contributed by atoms with E-state index in [1.54, 1.807) is 18.3 Å². The highest BCUT2D eigenvalue weighted by molar-refractivity contribution is 5.55. The van der Waals surface area contributed by atoms with Crippen LogP contribution in [-0.4, -0.2) is 29.5 Å². The third-order valence-corrected chi connectivity index (χ3v) is 4.08. The number of rotatable bonds is 4. The van der Waals surface area contributed by atoms with Gasteiger partial charge in [-0.05, 0) is 62.7 Å². The number of benzene rings is 1. The molecule has 3 rings (SSSR count). The number of hydrogen-bond donors (Lipinski definition) is 1. The normalized spacial score (nSPS) is 17.2. The summed E-state index contributed by atoms with van der Waals surface area (Å²) >= 11 is 0. The summed E-state index contributed by atoms with van der Waals surface area (Å²) in [4.78, 5) is 6.66. The van der Waals surface area contributed by atoms with E-state index in [1.807, 2.05) is 0 Å². The van der Waals surface area contributed by atoms with E-state index in [4.69, 9.17) is 10.2 Å². The van der Waals surface area contributed by atoms with Gasteiger partial charge in [-0.15, -0.1) is 0 Å². The van der Waals surface area contributed by atoms with Crippen molar-refractivity contribution in [3.05, 3.63) is 42.2 Å². The van der Waals surface area contributed by atoms with Gasteiger partial charge in [0.15, 0.2) is 5.76 Å². The van der Waals surface area contributed by atoms with Gasteiger partial charge in [0.25, 0.3) is 0 Å². The summed E-state index contributed by atoms with van der Waals surface area (Å²) < 4.78 is 18.7. The van der Waals surface area contributed by atoms with Crippen LogP contribution in [0, 0.1) is 11.7 Å². The van der Waals surface area contributed by atoms with Gasteiger partial charge >= 0.3 is 0 Å². The predicted molar refractivity (Wildman–Crippen MR) is 79.0 cm³/mol. The standard InChI is InChI=1S/C16H20FN3O/c17-14-3-1-13(2-4-14)15-10-19-16(21-15)11-20-7-5-12(9-18)6-8-20/h1-4,10,12H,5-9,11,18H2. The van der Waals surface area contributed by atoms with Crippen LogP contribution in [0.2, 0.25) is 0 Å². The molecule has 0 bridgehead atoms. The number of oxazole rings is 1. The van der Waals surface area contributed by atoms with Crippen LogP contribution < -0.4 is 5.73 Å². The fourth-order valence-corrected chi connectivity index (χ4v) is 2.70. The van der Waals surface area contributed by atoms with Crippen molar-refractivity contribution in [2.75, 3.05) is 19.6 Å². The van der Waals surface area contributed by atoms with E-state index >= 15 is 0 Å². The van der Waals surface area contributed by atoms with E-state index in [2.05, 4.69) is 9.88 Å². The van der Waals surface area contributed by atoms with E-state index in [1.165, 1.54) is 12.1 Å². The Kier molecular flexibility index (Phi) is 4.31. The summed E-state index contributed by atoms with van der Waals surface area (Å²) in [6, 6.07) is 6.25. The highest BCUT2D eigenvalue weighted by atomic mass is 19.1. The van der Waals surface area contributed by atoms with E-state index in [9.17, 15) is 4.39 Å². The van der Waals surface area contributed by atoms with Crippen molar-refractivity contribution in [2.45, 2.75) is 19.4 Å². The van der Waals surface area contributed by atoms with Gasteiger partial charge in [-0.2, -0.15) is 0 Å². The van der Waals surface area contributed by atoms with E-state index in [0.717, 1.165) is 44.6 Å². The fraction of sp³-hybridized carbons (Fsp3) is 0.438. The Morgan fingerprint density at radius 2 is 1.95 bits per heavy atom. The molecule has 1 aromatic carbocycles. The number of piperidine rings is 1. The van der Waals surface area contributed by atoms with Crippen LogP contribution in [0.5, 0.6) is 0 Å². The Hall–Kier alpha value is -1.72. The van der Waals surface area contributed by atoms with E-state index in [0.29, 0.717) is 17.6 Å². The van der Waals surface area contributed by atoms with Crippen LogP contribution in [0.3, 0.4) is 0 Å². The van der Waals surface area contributed by atoms with Crippen molar-refractivity contribution in [1.82, 2.24) is 9.88 Å². The lowest BCUT2D eigenvalue weighted by Gasteiger charge is -2.30. The van der Waals surface area contributed by atoms with Gasteiger partial charge in [-0.3, -0.25) is 4.90 Å². The summed E-state index contributed by atoms with van der Waals surface area (Å²) in [6.45, 7) is 3.58. The zero-order chi connectivity index (χ0) is 14.7. The van der Waals surface area contributed by atoms with Crippen LogP contribution in [0.15, 0.2) is 34.9 Å². The first-order chi connectivity index (χ1) is 10.2. The molecule has 0 amide bonds. The minimum Gasteiger partial charge on any atom is -0.439 e.